The highest BCUT2D eigenvalue weighted by Gasteiger charge is 2.36. The lowest BCUT2D eigenvalue weighted by Crippen LogP contribution is -2.62. The third kappa shape index (κ3) is 26.0. The summed E-state index contributed by atoms with van der Waals surface area (Å²) in [6, 6.07) is -12.4. The number of aliphatic hydroxyl groups excluding tert-OH is 4. The summed E-state index contributed by atoms with van der Waals surface area (Å²) in [6.45, 7) is -4.21. The van der Waals surface area contributed by atoms with Gasteiger partial charge in [0.05, 0.1) is 45.3 Å². The molecule has 0 saturated heterocycles. The summed E-state index contributed by atoms with van der Waals surface area (Å²) in [7, 11) is 0. The average Bonchev–Trinajstić information content (AvgIpc) is 3.40. The zero-order chi connectivity index (χ0) is 60.6. The SMILES string of the molecule is NCCCC[C@H](NC(=O)[C@H](CO)NC(=O)[C@H](CO)NC(=O)[C@H](CC(N)=O)NC(=O)[C@@H](N)CCCCN)C(=O)N[C@@H](CO)C(=O)N[C@@H](Cc1ccc(O)cc1)C(=O)N[C@@H](CO)C(=O)N[C@@H](CC(N)=O)C(=O)N[C@@H](CCC(N)=O)C(=O)O. The number of phenols is 1. The lowest BCUT2D eigenvalue weighted by molar-refractivity contribution is -0.143. The molecule has 0 bridgehead atoms. The Bertz CT molecular complexity index is 2300. The second kappa shape index (κ2) is 36.9. The van der Waals surface area contributed by atoms with Crippen LogP contribution < -0.4 is 82.3 Å². The third-order valence-corrected chi connectivity index (χ3v) is 11.5. The minimum absolute atomic E-state index is 0.110. The Balaban J connectivity index is 3.36. The van der Waals surface area contributed by atoms with Crippen LogP contribution in [0.1, 0.15) is 69.8 Å². The summed E-state index contributed by atoms with van der Waals surface area (Å²) >= 11 is 0. The molecule has 0 aliphatic carbocycles. The Kier molecular flexibility index (Phi) is 32.2. The Hall–Kier alpha value is -8.15. The van der Waals surface area contributed by atoms with Crippen LogP contribution in [0.15, 0.2) is 24.3 Å². The van der Waals surface area contributed by atoms with Crippen molar-refractivity contribution < 1.29 is 93.0 Å². The van der Waals surface area contributed by atoms with Crippen molar-refractivity contribution in [3.8, 4) is 5.75 Å². The van der Waals surface area contributed by atoms with Crippen LogP contribution in [0.2, 0.25) is 0 Å². The zero-order valence-electron chi connectivity index (χ0n) is 43.6. The van der Waals surface area contributed by atoms with Crippen LogP contribution in [0, 0.1) is 0 Å². The fourth-order valence-corrected chi connectivity index (χ4v) is 7.08. The minimum atomic E-state index is -1.97. The van der Waals surface area contributed by atoms with E-state index in [1.165, 1.54) is 24.3 Å². The lowest BCUT2D eigenvalue weighted by Gasteiger charge is -2.27. The Labute approximate surface area is 457 Å². The Morgan fingerprint density at radius 3 is 1.10 bits per heavy atom. The number of rotatable bonds is 40. The monoisotopic (exact) mass is 1140 g/mol. The van der Waals surface area contributed by atoms with E-state index in [1.807, 2.05) is 5.32 Å². The van der Waals surface area contributed by atoms with Crippen molar-refractivity contribution in [3.63, 3.8) is 0 Å². The second-order valence-corrected chi connectivity index (χ2v) is 18.0. The molecule has 0 fully saturated rings. The van der Waals surface area contributed by atoms with Crippen molar-refractivity contribution >= 4 is 76.9 Å². The molecule has 1 aromatic carbocycles. The van der Waals surface area contributed by atoms with Crippen molar-refractivity contribution in [3.05, 3.63) is 29.8 Å². The Morgan fingerprint density at radius 1 is 0.400 bits per heavy atom. The number of aliphatic carboxylic acids is 1. The number of aromatic hydroxyl groups is 1. The van der Waals surface area contributed by atoms with Crippen molar-refractivity contribution in [1.82, 2.24) is 47.9 Å². The molecule has 0 radical (unpaired) electrons. The molecule has 80 heavy (non-hydrogen) atoms. The number of hydrogen-bond donors (Lipinski definition) is 21. The average molecular weight is 1140 g/mol. The molecule has 448 valence electrons. The topological polar surface area (TPSA) is 608 Å². The number of benzene rings is 1. The quantitative estimate of drug-likeness (QED) is 0.0271. The first-order valence-electron chi connectivity index (χ1n) is 24.9. The summed E-state index contributed by atoms with van der Waals surface area (Å²) in [5.74, 6) is -15.7. The molecule has 0 aromatic heterocycles. The van der Waals surface area contributed by atoms with E-state index in [0.717, 1.165) is 0 Å². The van der Waals surface area contributed by atoms with E-state index in [0.29, 0.717) is 19.4 Å². The minimum Gasteiger partial charge on any atom is -0.508 e. The number of hydrogen-bond acceptors (Lipinski definition) is 21. The van der Waals surface area contributed by atoms with E-state index in [-0.39, 0.29) is 43.5 Å². The molecule has 0 saturated carbocycles. The molecule has 34 heteroatoms. The van der Waals surface area contributed by atoms with Crippen molar-refractivity contribution in [2.45, 2.75) is 131 Å². The van der Waals surface area contributed by atoms with Gasteiger partial charge in [0.1, 0.15) is 60.1 Å². The van der Waals surface area contributed by atoms with Crippen LogP contribution in [0.5, 0.6) is 5.75 Å². The molecule has 12 amide bonds. The van der Waals surface area contributed by atoms with Gasteiger partial charge in [-0.1, -0.05) is 18.6 Å². The van der Waals surface area contributed by atoms with Gasteiger partial charge < -0.3 is 113 Å². The van der Waals surface area contributed by atoms with Gasteiger partial charge in [0.2, 0.25) is 70.9 Å². The Morgan fingerprint density at radius 2 is 0.725 bits per heavy atom. The van der Waals surface area contributed by atoms with Crippen LogP contribution >= 0.6 is 0 Å². The van der Waals surface area contributed by atoms with Crippen LogP contribution in [-0.2, 0) is 68.7 Å². The number of carbonyl (C=O) groups excluding carboxylic acids is 12. The number of carbonyl (C=O) groups is 13. The first-order chi connectivity index (χ1) is 37.7. The fraction of sp³-hybridized carbons (Fsp3) is 0.587. The first-order valence-corrected chi connectivity index (χ1v) is 24.9. The maximum atomic E-state index is 13.9. The first kappa shape index (κ1) is 69.9. The molecular weight excluding hydrogens is 1070 g/mol. The van der Waals surface area contributed by atoms with Gasteiger partial charge in [-0.2, -0.15) is 0 Å². The summed E-state index contributed by atoms with van der Waals surface area (Å²) in [5, 5.41) is 79.5. The number of primary amides is 3. The molecule has 10 atom stereocenters. The predicted molar refractivity (Wildman–Crippen MR) is 275 cm³/mol. The molecule has 0 spiro atoms. The molecule has 0 unspecified atom stereocenters. The number of carboxylic acid groups (broad SMARTS) is 1. The zero-order valence-corrected chi connectivity index (χ0v) is 43.6. The number of phenolic OH excluding ortho intramolecular Hbond substituents is 1. The molecule has 27 N–H and O–H groups in total. The van der Waals surface area contributed by atoms with Gasteiger partial charge in [0.15, 0.2) is 0 Å². The van der Waals surface area contributed by atoms with Gasteiger partial charge in [-0.05, 0) is 69.3 Å². The highest BCUT2D eigenvalue weighted by molar-refractivity contribution is 5.99. The highest BCUT2D eigenvalue weighted by Crippen LogP contribution is 2.13. The van der Waals surface area contributed by atoms with Gasteiger partial charge in [0.25, 0.3) is 0 Å². The fourth-order valence-electron chi connectivity index (χ4n) is 7.08. The van der Waals surface area contributed by atoms with Gasteiger partial charge in [0, 0.05) is 12.8 Å². The molecule has 0 heterocycles. The summed E-state index contributed by atoms with van der Waals surface area (Å²) in [5.41, 5.74) is 32.7. The number of aliphatic hydroxyl groups is 4. The summed E-state index contributed by atoms with van der Waals surface area (Å²) < 4.78 is 0. The van der Waals surface area contributed by atoms with Crippen molar-refractivity contribution in [2.75, 3.05) is 39.5 Å². The van der Waals surface area contributed by atoms with E-state index in [1.54, 1.807) is 0 Å². The van der Waals surface area contributed by atoms with E-state index in [2.05, 4.69) is 42.5 Å². The maximum Gasteiger partial charge on any atom is 0.326 e. The lowest BCUT2D eigenvalue weighted by atomic mass is 10.0. The van der Waals surface area contributed by atoms with Crippen molar-refractivity contribution in [1.29, 1.82) is 0 Å². The van der Waals surface area contributed by atoms with Crippen LogP contribution in [0.25, 0.3) is 0 Å². The van der Waals surface area contributed by atoms with E-state index < -0.39 is 196 Å². The van der Waals surface area contributed by atoms with Crippen LogP contribution in [0.3, 0.4) is 0 Å². The van der Waals surface area contributed by atoms with Crippen LogP contribution in [-0.4, -0.2) is 207 Å². The van der Waals surface area contributed by atoms with Crippen LogP contribution in [0.4, 0.5) is 0 Å². The number of nitrogens with one attached hydrogen (secondary N) is 9. The molecule has 0 aliphatic rings. The number of unbranched alkanes of at least 4 members (excludes halogenated alkanes) is 2. The largest absolute Gasteiger partial charge is 0.508 e. The molecular formula is C46H75N15O19. The van der Waals surface area contributed by atoms with Gasteiger partial charge in [-0.25, -0.2) is 4.79 Å². The summed E-state index contributed by atoms with van der Waals surface area (Å²) in [4.78, 5) is 167. The van der Waals surface area contributed by atoms with Gasteiger partial charge in [-0.15, -0.1) is 0 Å². The smallest absolute Gasteiger partial charge is 0.326 e. The van der Waals surface area contributed by atoms with Crippen molar-refractivity contribution in [2.24, 2.45) is 34.4 Å². The predicted octanol–water partition coefficient (Wildman–Crippen LogP) is -11.0. The molecule has 1 aromatic rings. The third-order valence-electron chi connectivity index (χ3n) is 11.5. The van der Waals surface area contributed by atoms with E-state index in [9.17, 15) is 93.0 Å². The van der Waals surface area contributed by atoms with E-state index in [4.69, 9.17) is 34.4 Å². The molecule has 0 aliphatic heterocycles. The van der Waals surface area contributed by atoms with Gasteiger partial charge in [-0.3, -0.25) is 57.5 Å². The molecule has 1 rings (SSSR count). The number of carboxylic acids is 1. The standard InChI is InChI=1S/C46H75N15O19/c47-13-3-1-5-24(49)37(70)55-28(16-35(51)68)41(74)60-33(21-65)45(78)61-30(18-62)42(75)53-25(6-2-4-14-48)38(71)58-31(19-63)43(76)56-27(15-22-7-9-23(66)10-8-22)39(72)59-32(20-64)44(77)57-29(17-36(52)69)40(73)54-26(46(79)80)11-12-34(50)67/h7-10,24-33,62-66H,1-6,11-21,47-49H2,(H2,50,67)(H2,51,68)(H2,52,69)(H,53,75)(H,54,73)(H,55,70)(H,56,76)(H,57,77)(H,58,71)(H,59,72)(H,60,74)(H,61,78)(H,79,80)/t24-,25-,26-,27-,28-,29-,30-,31-,32-,33-/m0/s1. The highest BCUT2D eigenvalue weighted by atomic mass is 16.4. The normalized spacial score (nSPS) is 14.7. The van der Waals surface area contributed by atoms with E-state index >= 15 is 0 Å². The number of nitrogens with two attached hydrogens (primary N) is 6. The summed E-state index contributed by atoms with van der Waals surface area (Å²) in [6.07, 6.45) is -1.74. The second-order valence-electron chi connectivity index (χ2n) is 18.0. The maximum absolute atomic E-state index is 13.9. The molecule has 34 nitrogen and oxygen atoms in total. The number of amides is 12. The van der Waals surface area contributed by atoms with Gasteiger partial charge >= 0.3 is 5.97 Å².